The van der Waals surface area contributed by atoms with Crippen molar-refractivity contribution in [2.24, 2.45) is 0 Å². The van der Waals surface area contributed by atoms with E-state index in [0.29, 0.717) is 25.7 Å². The van der Waals surface area contributed by atoms with Crippen molar-refractivity contribution in [2.45, 2.75) is 380 Å². The fourth-order valence-corrected chi connectivity index (χ4v) is 12.6. The maximum Gasteiger partial charge on any atom is 0.472 e. The molecule has 3 N–H and O–H groups in total. The van der Waals surface area contributed by atoms with Crippen LogP contribution in [0.5, 0.6) is 0 Å². The molecule has 19 heteroatoms. The standard InChI is InChI=1S/C79H144O17P2/c1-5-9-13-17-21-25-29-32-35-36-39-41-45-48-52-56-60-64-77(82)89-69-74(95-78(83)65-61-57-53-49-43-28-24-20-16-12-8-4)71-93-97(85,86)91-67-73(80)68-92-98(87,88)94-72-75(96-79(84)66-62-58-54-50-46-42-38-34-31-27-23-19-15-11-7-3)70-90-76(81)63-59-55-51-47-44-40-37-33-30-26-22-18-14-10-6-2/h9,13,21-22,25-26,32-33,35,37,73-75,80H,5-8,10-12,14-20,23-24,27-31,34,36,38-72H2,1-4H3,(H,85,86)(H,87,88)/b13-9-,25-21-,26-22-,35-32-,37-33-. The minimum atomic E-state index is -4.97. The minimum absolute atomic E-state index is 0.0983. The highest BCUT2D eigenvalue weighted by Gasteiger charge is 2.30. The average Bonchev–Trinajstić information content (AvgIpc) is 0.986. The van der Waals surface area contributed by atoms with Crippen LogP contribution in [0.25, 0.3) is 0 Å². The summed E-state index contributed by atoms with van der Waals surface area (Å²) in [6.45, 7) is 4.78. The minimum Gasteiger partial charge on any atom is -0.462 e. The maximum absolute atomic E-state index is 13.1. The van der Waals surface area contributed by atoms with Crippen LogP contribution in [-0.4, -0.2) is 96.7 Å². The summed E-state index contributed by atoms with van der Waals surface area (Å²) in [6, 6.07) is 0. The summed E-state index contributed by atoms with van der Waals surface area (Å²) >= 11 is 0. The van der Waals surface area contributed by atoms with Gasteiger partial charge in [0.1, 0.15) is 19.3 Å². The van der Waals surface area contributed by atoms with Gasteiger partial charge in [-0.2, -0.15) is 0 Å². The second-order valence-corrected chi connectivity index (χ2v) is 29.5. The van der Waals surface area contributed by atoms with Gasteiger partial charge in [0, 0.05) is 25.7 Å². The number of aliphatic hydroxyl groups excluding tert-OH is 1. The molecule has 5 unspecified atom stereocenters. The third-order valence-corrected chi connectivity index (χ3v) is 18.9. The Kier molecular flexibility index (Phi) is 69.7. The van der Waals surface area contributed by atoms with Gasteiger partial charge in [0.2, 0.25) is 0 Å². The molecule has 0 rings (SSSR count). The van der Waals surface area contributed by atoms with Crippen LogP contribution in [0.2, 0.25) is 0 Å². The number of phosphoric acid groups is 2. The topological polar surface area (TPSA) is 237 Å². The molecular formula is C79H144O17P2. The maximum atomic E-state index is 13.1. The summed E-state index contributed by atoms with van der Waals surface area (Å²) in [7, 11) is -9.94. The Hall–Kier alpha value is -3.24. The number of carbonyl (C=O) groups excluding carboxylic acids is 4. The predicted octanol–water partition coefficient (Wildman–Crippen LogP) is 22.7. The number of hydrogen-bond donors (Lipinski definition) is 3. The summed E-state index contributed by atoms with van der Waals surface area (Å²) in [6.07, 6.45) is 70.6. The zero-order chi connectivity index (χ0) is 71.8. The molecule has 0 aromatic carbocycles. The van der Waals surface area contributed by atoms with Gasteiger partial charge in [0.05, 0.1) is 26.4 Å². The van der Waals surface area contributed by atoms with Crippen LogP contribution in [0.1, 0.15) is 362 Å². The Morgan fingerprint density at radius 2 is 0.531 bits per heavy atom. The lowest BCUT2D eigenvalue weighted by atomic mass is 10.0. The van der Waals surface area contributed by atoms with Crippen LogP contribution in [0.15, 0.2) is 60.8 Å². The molecule has 0 aliphatic heterocycles. The van der Waals surface area contributed by atoms with Crippen molar-refractivity contribution >= 4 is 39.5 Å². The molecule has 0 fully saturated rings. The first-order chi connectivity index (χ1) is 47.7. The van der Waals surface area contributed by atoms with E-state index in [1.165, 1.54) is 122 Å². The normalized spacial score (nSPS) is 14.2. The second-order valence-electron chi connectivity index (χ2n) is 26.6. The van der Waals surface area contributed by atoms with Crippen LogP contribution in [0.4, 0.5) is 0 Å². The summed E-state index contributed by atoms with van der Waals surface area (Å²) in [4.78, 5) is 72.9. The van der Waals surface area contributed by atoms with Gasteiger partial charge in [0.25, 0.3) is 0 Å². The Balaban J connectivity index is 5.29. The quantitative estimate of drug-likeness (QED) is 0.0169. The van der Waals surface area contributed by atoms with Gasteiger partial charge in [-0.3, -0.25) is 37.3 Å². The van der Waals surface area contributed by atoms with E-state index in [-0.39, 0.29) is 25.7 Å². The number of aliphatic hydroxyl groups is 1. The molecule has 0 spiro atoms. The summed E-state index contributed by atoms with van der Waals surface area (Å²) in [5, 5.41) is 10.6. The highest BCUT2D eigenvalue weighted by Crippen LogP contribution is 2.45. The zero-order valence-corrected chi connectivity index (χ0v) is 64.3. The number of phosphoric ester groups is 2. The molecule has 0 bridgehead atoms. The fraction of sp³-hybridized carbons (Fsp3) is 0.823. The lowest BCUT2D eigenvalue weighted by molar-refractivity contribution is -0.161. The number of hydrogen-bond acceptors (Lipinski definition) is 15. The molecule has 0 radical (unpaired) electrons. The number of ether oxygens (including phenoxy) is 4. The SMILES string of the molecule is CC/C=C\C/C=C\C/C=C\CCCCCCCCCC(=O)OCC(COP(=O)(O)OCC(O)COP(=O)(O)OCC(COC(=O)CCCCCCC/C=C\C/C=C\CCCCC)OC(=O)CCCCCCCCCCCCCCCCC)OC(=O)CCCCCCCCCCCCC. The van der Waals surface area contributed by atoms with Crippen molar-refractivity contribution in [1.29, 1.82) is 0 Å². The zero-order valence-electron chi connectivity index (χ0n) is 62.5. The van der Waals surface area contributed by atoms with Gasteiger partial charge < -0.3 is 33.8 Å². The molecule has 17 nitrogen and oxygen atoms in total. The summed E-state index contributed by atoms with van der Waals surface area (Å²) < 4.78 is 68.5. The number of esters is 4. The second kappa shape index (κ2) is 72.1. The van der Waals surface area contributed by atoms with Crippen molar-refractivity contribution in [3.63, 3.8) is 0 Å². The molecule has 98 heavy (non-hydrogen) atoms. The van der Waals surface area contributed by atoms with Crippen molar-refractivity contribution in [2.75, 3.05) is 39.6 Å². The highest BCUT2D eigenvalue weighted by molar-refractivity contribution is 7.47. The van der Waals surface area contributed by atoms with Crippen molar-refractivity contribution < 1.29 is 80.2 Å². The largest absolute Gasteiger partial charge is 0.472 e. The molecule has 0 aromatic rings. The number of allylic oxidation sites excluding steroid dienone is 10. The Bertz CT molecular complexity index is 2100. The molecule has 0 amide bonds. The average molecular weight is 1430 g/mol. The first-order valence-electron chi connectivity index (χ1n) is 39.5. The third kappa shape index (κ3) is 71.2. The van der Waals surface area contributed by atoms with E-state index in [2.05, 4.69) is 88.5 Å². The van der Waals surface area contributed by atoms with Crippen molar-refractivity contribution in [1.82, 2.24) is 0 Å². The van der Waals surface area contributed by atoms with E-state index in [1.807, 2.05) is 0 Å². The monoisotopic (exact) mass is 1430 g/mol. The molecule has 0 aliphatic carbocycles. The first kappa shape index (κ1) is 94.8. The molecule has 5 atom stereocenters. The van der Waals surface area contributed by atoms with E-state index in [4.69, 9.17) is 37.0 Å². The van der Waals surface area contributed by atoms with Crippen molar-refractivity contribution in [3.8, 4) is 0 Å². The molecule has 0 heterocycles. The van der Waals surface area contributed by atoms with Gasteiger partial charge in [-0.15, -0.1) is 0 Å². The molecule has 0 aliphatic rings. The van der Waals surface area contributed by atoms with E-state index in [1.54, 1.807) is 0 Å². The van der Waals surface area contributed by atoms with Crippen LogP contribution in [0.3, 0.4) is 0 Å². The summed E-state index contributed by atoms with van der Waals surface area (Å²) in [5.74, 6) is -2.16. The molecular weight excluding hydrogens is 1280 g/mol. The van der Waals surface area contributed by atoms with Gasteiger partial charge in [-0.05, 0) is 89.9 Å². The van der Waals surface area contributed by atoms with E-state index in [9.17, 15) is 43.2 Å². The van der Waals surface area contributed by atoms with E-state index >= 15 is 0 Å². The third-order valence-electron chi connectivity index (χ3n) is 17.0. The highest BCUT2D eigenvalue weighted by atomic mass is 31.2. The van der Waals surface area contributed by atoms with Crippen LogP contribution < -0.4 is 0 Å². The number of carbonyl (C=O) groups is 4. The van der Waals surface area contributed by atoms with Gasteiger partial charge in [-0.25, -0.2) is 9.13 Å². The molecule has 572 valence electrons. The molecule has 0 aromatic heterocycles. The Morgan fingerprint density at radius 3 is 0.837 bits per heavy atom. The number of rotatable bonds is 75. The van der Waals surface area contributed by atoms with Crippen LogP contribution in [-0.2, 0) is 65.4 Å². The van der Waals surface area contributed by atoms with E-state index in [0.717, 1.165) is 161 Å². The number of unbranched alkanes of at least 4 members (excludes halogenated alkanes) is 39. The van der Waals surface area contributed by atoms with Crippen LogP contribution in [0, 0.1) is 0 Å². The van der Waals surface area contributed by atoms with Gasteiger partial charge in [-0.1, -0.05) is 307 Å². The molecule has 0 saturated carbocycles. The lowest BCUT2D eigenvalue weighted by Gasteiger charge is -2.21. The van der Waals surface area contributed by atoms with Gasteiger partial charge >= 0.3 is 39.5 Å². The Labute approximate surface area is 597 Å². The van der Waals surface area contributed by atoms with E-state index < -0.39 is 97.5 Å². The summed E-state index contributed by atoms with van der Waals surface area (Å²) in [5.41, 5.74) is 0. The smallest absolute Gasteiger partial charge is 0.462 e. The van der Waals surface area contributed by atoms with Crippen molar-refractivity contribution in [3.05, 3.63) is 60.8 Å². The molecule has 0 saturated heterocycles. The van der Waals surface area contributed by atoms with Gasteiger partial charge in [0.15, 0.2) is 12.2 Å². The van der Waals surface area contributed by atoms with Crippen LogP contribution >= 0.6 is 15.6 Å². The Morgan fingerprint density at radius 1 is 0.296 bits per heavy atom. The lowest BCUT2D eigenvalue weighted by Crippen LogP contribution is -2.30. The fourth-order valence-electron chi connectivity index (χ4n) is 11.0. The predicted molar refractivity (Wildman–Crippen MR) is 400 cm³/mol. The first-order valence-corrected chi connectivity index (χ1v) is 42.5.